The van der Waals surface area contributed by atoms with Crippen LogP contribution in [0.15, 0.2) is 58.3 Å². The minimum atomic E-state index is -4.19. The summed E-state index contributed by atoms with van der Waals surface area (Å²) in [5, 5.41) is 11.1. The molecule has 3 aromatic rings. The van der Waals surface area contributed by atoms with Crippen molar-refractivity contribution in [2.75, 3.05) is 6.26 Å². The van der Waals surface area contributed by atoms with Crippen molar-refractivity contribution in [1.82, 2.24) is 24.9 Å². The van der Waals surface area contributed by atoms with Gasteiger partial charge in [-0.1, -0.05) is 6.07 Å². The molecule has 28 heavy (non-hydrogen) atoms. The lowest BCUT2D eigenvalue weighted by molar-refractivity contribution is 0.0981. The van der Waals surface area contributed by atoms with E-state index in [9.17, 15) is 21.6 Å². The van der Waals surface area contributed by atoms with Gasteiger partial charge in [-0.15, -0.1) is 5.10 Å². The lowest BCUT2D eigenvalue weighted by Gasteiger charge is -2.09. The van der Waals surface area contributed by atoms with Gasteiger partial charge < -0.3 is 0 Å². The van der Waals surface area contributed by atoms with Crippen molar-refractivity contribution < 1.29 is 21.6 Å². The average molecular weight is 421 g/mol. The molecule has 12 heteroatoms. The van der Waals surface area contributed by atoms with Crippen molar-refractivity contribution in [3.63, 3.8) is 0 Å². The van der Waals surface area contributed by atoms with Crippen LogP contribution >= 0.6 is 0 Å². The molecule has 0 aliphatic carbocycles. The molecule has 0 radical (unpaired) electrons. The summed E-state index contributed by atoms with van der Waals surface area (Å²) in [4.78, 5) is 12.2. The Morgan fingerprint density at radius 3 is 2.21 bits per heavy atom. The summed E-state index contributed by atoms with van der Waals surface area (Å²) in [6.07, 6.45) is 1.01. The lowest BCUT2D eigenvalue weighted by atomic mass is 10.2. The number of sulfone groups is 1. The van der Waals surface area contributed by atoms with Crippen molar-refractivity contribution in [1.29, 1.82) is 0 Å². The molecule has 1 heterocycles. The van der Waals surface area contributed by atoms with Crippen LogP contribution in [-0.2, 0) is 19.9 Å². The first-order chi connectivity index (χ1) is 13.1. The Bertz CT molecular complexity index is 1250. The number of nitrogens with zero attached hydrogens (tertiary/aromatic N) is 4. The Morgan fingerprint density at radius 1 is 1.00 bits per heavy atom. The number of carbonyl (C=O) groups excluding carboxylic acids is 1. The van der Waals surface area contributed by atoms with Crippen molar-refractivity contribution in [3.05, 3.63) is 59.9 Å². The highest BCUT2D eigenvalue weighted by Gasteiger charge is 2.20. The van der Waals surface area contributed by atoms with Gasteiger partial charge in [-0.25, -0.2) is 21.6 Å². The first-order valence-corrected chi connectivity index (χ1v) is 11.2. The largest absolute Gasteiger partial charge is 0.268 e. The Balaban J connectivity index is 1.85. The van der Waals surface area contributed by atoms with Crippen molar-refractivity contribution in [2.24, 2.45) is 0 Å². The topological polar surface area (TPSA) is 141 Å². The lowest BCUT2D eigenvalue weighted by Crippen LogP contribution is -2.30. The van der Waals surface area contributed by atoms with Gasteiger partial charge in [0.25, 0.3) is 15.9 Å². The van der Waals surface area contributed by atoms with Crippen molar-refractivity contribution >= 4 is 25.8 Å². The van der Waals surface area contributed by atoms with Crippen molar-refractivity contribution in [2.45, 2.75) is 16.7 Å². The molecule has 146 valence electrons. The number of aryl methyl sites for hydroxylation is 1. The van der Waals surface area contributed by atoms with Crippen LogP contribution in [-0.4, -0.2) is 49.2 Å². The Hall–Kier alpha value is -3.12. The Morgan fingerprint density at radius 2 is 1.64 bits per heavy atom. The van der Waals surface area contributed by atoms with Gasteiger partial charge in [0.1, 0.15) is 0 Å². The molecule has 0 aliphatic rings. The normalized spacial score (nSPS) is 11.9. The number of rotatable bonds is 5. The summed E-state index contributed by atoms with van der Waals surface area (Å²) < 4.78 is 51.2. The molecule has 0 atom stereocenters. The van der Waals surface area contributed by atoms with E-state index >= 15 is 0 Å². The number of amides is 1. The molecule has 1 N–H and O–H groups in total. The van der Waals surface area contributed by atoms with Crippen LogP contribution < -0.4 is 4.72 Å². The molecule has 0 aliphatic heterocycles. The monoisotopic (exact) mass is 421 g/mol. The van der Waals surface area contributed by atoms with Crippen LogP contribution in [0.4, 0.5) is 0 Å². The molecule has 0 fully saturated rings. The molecule has 3 rings (SSSR count). The fourth-order valence-corrected chi connectivity index (χ4v) is 3.96. The fourth-order valence-electron chi connectivity index (χ4n) is 2.36. The van der Waals surface area contributed by atoms with E-state index in [2.05, 4.69) is 15.5 Å². The van der Waals surface area contributed by atoms with Gasteiger partial charge in [0.2, 0.25) is 0 Å². The summed E-state index contributed by atoms with van der Waals surface area (Å²) >= 11 is 0. The van der Waals surface area contributed by atoms with Crippen LogP contribution in [0.25, 0.3) is 5.69 Å². The van der Waals surface area contributed by atoms with E-state index in [0.29, 0.717) is 11.5 Å². The standard InChI is InChI=1S/C16H15N5O5S2/c1-11-17-19-20-21(11)13-5-3-4-12(10-13)16(22)18-28(25,26)15-8-6-14(7-9-15)27(2,23)24/h3-10H,1-2H3,(H,18,22). The molecule has 0 spiro atoms. The van der Waals surface area contributed by atoms with Crippen LogP contribution in [0.5, 0.6) is 0 Å². The number of aromatic nitrogens is 4. The SMILES string of the molecule is Cc1nnnn1-c1cccc(C(=O)NS(=O)(=O)c2ccc(S(C)(=O)=O)cc2)c1. The van der Waals surface area contributed by atoms with E-state index in [1.807, 2.05) is 4.72 Å². The predicted molar refractivity (Wildman–Crippen MR) is 98.1 cm³/mol. The molecular formula is C16H15N5O5S2. The van der Waals surface area contributed by atoms with Gasteiger partial charge >= 0.3 is 0 Å². The van der Waals surface area contributed by atoms with Gasteiger partial charge in [0.15, 0.2) is 15.7 Å². The molecule has 0 bridgehead atoms. The maximum atomic E-state index is 12.4. The number of hydrogen-bond donors (Lipinski definition) is 1. The maximum Gasteiger partial charge on any atom is 0.265 e. The smallest absolute Gasteiger partial charge is 0.265 e. The number of nitrogens with one attached hydrogen (secondary N) is 1. The molecule has 10 nitrogen and oxygen atoms in total. The molecule has 0 saturated heterocycles. The number of hydrogen-bond acceptors (Lipinski definition) is 8. The van der Waals surface area contributed by atoms with E-state index in [1.54, 1.807) is 19.1 Å². The van der Waals surface area contributed by atoms with E-state index in [-0.39, 0.29) is 15.4 Å². The number of sulfonamides is 1. The second-order valence-corrected chi connectivity index (χ2v) is 9.56. The number of tetrazole rings is 1. The Kier molecular flexibility index (Phi) is 5.00. The summed E-state index contributed by atoms with van der Waals surface area (Å²) in [7, 11) is -7.65. The average Bonchev–Trinajstić information content (AvgIpc) is 3.07. The molecule has 2 aromatic carbocycles. The first kappa shape index (κ1) is 19.6. The minimum absolute atomic E-state index is 0.0257. The fraction of sp³-hybridized carbons (Fsp3) is 0.125. The highest BCUT2D eigenvalue weighted by molar-refractivity contribution is 7.91. The van der Waals surface area contributed by atoms with E-state index in [0.717, 1.165) is 30.5 Å². The van der Waals surface area contributed by atoms with Crippen LogP contribution in [0.1, 0.15) is 16.2 Å². The second kappa shape index (κ2) is 7.13. The summed E-state index contributed by atoms with van der Waals surface area (Å²) in [6.45, 7) is 1.68. The third kappa shape index (κ3) is 4.07. The number of carbonyl (C=O) groups is 1. The van der Waals surface area contributed by atoms with E-state index in [1.165, 1.54) is 16.8 Å². The van der Waals surface area contributed by atoms with Crippen LogP contribution in [0.2, 0.25) is 0 Å². The summed E-state index contributed by atoms with van der Waals surface area (Å²) in [5.74, 6) is -0.351. The quantitative estimate of drug-likeness (QED) is 0.627. The third-order valence-electron chi connectivity index (χ3n) is 3.77. The van der Waals surface area contributed by atoms with Gasteiger partial charge in [-0.3, -0.25) is 4.79 Å². The highest BCUT2D eigenvalue weighted by Crippen LogP contribution is 2.16. The zero-order valence-corrected chi connectivity index (χ0v) is 16.4. The van der Waals surface area contributed by atoms with Crippen molar-refractivity contribution in [3.8, 4) is 5.69 Å². The van der Waals surface area contributed by atoms with Crippen LogP contribution in [0, 0.1) is 6.92 Å². The number of benzene rings is 2. The minimum Gasteiger partial charge on any atom is -0.268 e. The molecule has 1 amide bonds. The highest BCUT2D eigenvalue weighted by atomic mass is 32.2. The van der Waals surface area contributed by atoms with Crippen LogP contribution in [0.3, 0.4) is 0 Å². The third-order valence-corrected chi connectivity index (χ3v) is 6.24. The molecule has 0 unspecified atom stereocenters. The molecule has 1 aromatic heterocycles. The Labute approximate surface area is 161 Å². The van der Waals surface area contributed by atoms with Gasteiger partial charge in [-0.05, 0) is 59.8 Å². The zero-order valence-electron chi connectivity index (χ0n) is 14.8. The van der Waals surface area contributed by atoms with E-state index in [4.69, 9.17) is 0 Å². The maximum absolute atomic E-state index is 12.4. The van der Waals surface area contributed by atoms with E-state index < -0.39 is 25.8 Å². The first-order valence-electron chi connectivity index (χ1n) is 7.80. The summed E-state index contributed by atoms with van der Waals surface area (Å²) in [6, 6.07) is 10.7. The van der Waals surface area contributed by atoms with Gasteiger partial charge in [0, 0.05) is 11.8 Å². The van der Waals surface area contributed by atoms with Gasteiger partial charge in [0.05, 0.1) is 15.5 Å². The zero-order chi connectivity index (χ0) is 20.5. The predicted octanol–water partition coefficient (Wildman–Crippen LogP) is 0.493. The van der Waals surface area contributed by atoms with Gasteiger partial charge in [-0.2, -0.15) is 4.68 Å². The molecular weight excluding hydrogens is 406 g/mol. The summed E-state index contributed by atoms with van der Waals surface area (Å²) in [5.41, 5.74) is 0.578. The second-order valence-electron chi connectivity index (χ2n) is 5.87. The molecule has 0 saturated carbocycles.